The Morgan fingerprint density at radius 2 is 1.87 bits per heavy atom. The van der Waals surface area contributed by atoms with Crippen LogP contribution >= 0.6 is 0 Å². The van der Waals surface area contributed by atoms with Gasteiger partial charge in [0.1, 0.15) is 5.82 Å². The molecule has 0 aromatic heterocycles. The van der Waals surface area contributed by atoms with E-state index in [2.05, 4.69) is 23.8 Å². The van der Waals surface area contributed by atoms with Crippen LogP contribution in [-0.4, -0.2) is 37.6 Å². The molecule has 1 aromatic carbocycles. The normalized spacial score (nSPS) is 23.1. The van der Waals surface area contributed by atoms with E-state index in [1.807, 2.05) is 12.1 Å². The van der Waals surface area contributed by atoms with E-state index in [4.69, 9.17) is 0 Å². The highest BCUT2D eigenvalue weighted by Gasteiger charge is 2.21. The van der Waals surface area contributed by atoms with E-state index in [-0.39, 0.29) is 5.82 Å². The summed E-state index contributed by atoms with van der Waals surface area (Å²) < 4.78 is 12.8. The van der Waals surface area contributed by atoms with Gasteiger partial charge in [0.05, 0.1) is 0 Å². The maximum absolute atomic E-state index is 12.8. The Hall–Kier alpha value is -1.09. The summed E-state index contributed by atoms with van der Waals surface area (Å²) in [5.74, 6) is -0.166. The number of hydrogen-bond acceptors (Lipinski definition) is 2. The van der Waals surface area contributed by atoms with Gasteiger partial charge in [-0.3, -0.25) is 0 Å². The van der Waals surface area contributed by atoms with Crippen molar-refractivity contribution in [3.8, 4) is 0 Å². The second-order valence-electron chi connectivity index (χ2n) is 4.28. The molecule has 2 nitrogen and oxygen atoms in total. The molecule has 0 bridgehead atoms. The lowest BCUT2D eigenvalue weighted by atomic mass is 10.1. The molecule has 1 saturated heterocycles. The summed E-state index contributed by atoms with van der Waals surface area (Å²) in [5, 5.41) is 0. The lowest BCUT2D eigenvalue weighted by Crippen LogP contribution is -2.50. The number of likely N-dealkylation sites (N-methyl/N-ethyl adjacent to an activating group) is 1. The molecule has 1 fully saturated rings. The van der Waals surface area contributed by atoms with Crippen molar-refractivity contribution in [1.82, 2.24) is 4.90 Å². The molecule has 1 heterocycles. The number of halogens is 1. The van der Waals surface area contributed by atoms with Crippen molar-refractivity contribution in [3.05, 3.63) is 30.1 Å². The van der Waals surface area contributed by atoms with Gasteiger partial charge < -0.3 is 9.80 Å². The van der Waals surface area contributed by atoms with E-state index in [0.29, 0.717) is 6.04 Å². The third-order valence-electron chi connectivity index (χ3n) is 2.99. The number of nitrogens with zero attached hydrogens (tertiary/aromatic N) is 2. The highest BCUT2D eigenvalue weighted by molar-refractivity contribution is 5.47. The van der Waals surface area contributed by atoms with Gasteiger partial charge >= 0.3 is 0 Å². The first-order valence-corrected chi connectivity index (χ1v) is 5.37. The number of benzene rings is 1. The fourth-order valence-electron chi connectivity index (χ4n) is 2.16. The predicted molar refractivity (Wildman–Crippen MR) is 60.7 cm³/mol. The summed E-state index contributed by atoms with van der Waals surface area (Å²) in [6, 6.07) is 7.27. The Labute approximate surface area is 90.3 Å². The first kappa shape index (κ1) is 10.4. The second kappa shape index (κ2) is 4.19. The van der Waals surface area contributed by atoms with Crippen LogP contribution in [0, 0.1) is 5.82 Å². The van der Waals surface area contributed by atoms with Gasteiger partial charge in [-0.2, -0.15) is 0 Å². The fraction of sp³-hybridized carbons (Fsp3) is 0.500. The minimum Gasteiger partial charge on any atom is -0.366 e. The maximum atomic E-state index is 12.8. The third-order valence-corrected chi connectivity index (χ3v) is 2.99. The first-order chi connectivity index (χ1) is 7.16. The van der Waals surface area contributed by atoms with Crippen LogP contribution in [0.3, 0.4) is 0 Å². The molecule has 0 saturated carbocycles. The Bertz CT molecular complexity index is 323. The first-order valence-electron chi connectivity index (χ1n) is 5.37. The maximum Gasteiger partial charge on any atom is 0.123 e. The van der Waals surface area contributed by atoms with Gasteiger partial charge in [0.25, 0.3) is 0 Å². The van der Waals surface area contributed by atoms with E-state index in [0.717, 1.165) is 25.3 Å². The van der Waals surface area contributed by atoms with Crippen LogP contribution in [0.1, 0.15) is 6.92 Å². The van der Waals surface area contributed by atoms with Crippen LogP contribution in [0.15, 0.2) is 24.3 Å². The van der Waals surface area contributed by atoms with Gasteiger partial charge in [-0.15, -0.1) is 0 Å². The molecule has 0 unspecified atom stereocenters. The molecule has 82 valence electrons. The van der Waals surface area contributed by atoms with Gasteiger partial charge in [-0.05, 0) is 38.2 Å². The summed E-state index contributed by atoms with van der Waals surface area (Å²) in [5.41, 5.74) is 1.12. The standard InChI is InChI=1S/C12H17FN2/c1-10-9-14(2)7-8-15(10)12-5-3-11(13)4-6-12/h3-6,10H,7-9H2,1-2H3/t10-/m0/s1. The highest BCUT2D eigenvalue weighted by atomic mass is 19.1. The summed E-state index contributed by atoms with van der Waals surface area (Å²) >= 11 is 0. The molecule has 1 atom stereocenters. The zero-order valence-corrected chi connectivity index (χ0v) is 9.28. The van der Waals surface area contributed by atoms with Crippen molar-refractivity contribution in [2.24, 2.45) is 0 Å². The largest absolute Gasteiger partial charge is 0.366 e. The molecule has 1 aliphatic heterocycles. The molecule has 0 radical (unpaired) electrons. The third kappa shape index (κ3) is 2.29. The topological polar surface area (TPSA) is 6.48 Å². The van der Waals surface area contributed by atoms with Crippen LogP contribution in [0.25, 0.3) is 0 Å². The molecule has 15 heavy (non-hydrogen) atoms. The minimum atomic E-state index is -0.166. The van der Waals surface area contributed by atoms with E-state index in [9.17, 15) is 4.39 Å². The van der Waals surface area contributed by atoms with Crippen molar-refractivity contribution in [3.63, 3.8) is 0 Å². The molecule has 0 N–H and O–H groups in total. The van der Waals surface area contributed by atoms with Gasteiger partial charge in [0.2, 0.25) is 0 Å². The Balaban J connectivity index is 2.13. The molecule has 0 amide bonds. The average molecular weight is 208 g/mol. The Morgan fingerprint density at radius 1 is 1.20 bits per heavy atom. The van der Waals surface area contributed by atoms with Crippen molar-refractivity contribution in [2.75, 3.05) is 31.6 Å². The zero-order valence-electron chi connectivity index (χ0n) is 9.28. The Morgan fingerprint density at radius 3 is 2.47 bits per heavy atom. The SMILES string of the molecule is C[C@H]1CN(C)CCN1c1ccc(F)cc1. The van der Waals surface area contributed by atoms with E-state index in [1.165, 1.54) is 12.1 Å². The van der Waals surface area contributed by atoms with E-state index >= 15 is 0 Å². The van der Waals surface area contributed by atoms with Gasteiger partial charge in [0.15, 0.2) is 0 Å². The quantitative estimate of drug-likeness (QED) is 0.696. The monoisotopic (exact) mass is 208 g/mol. The molecule has 3 heteroatoms. The number of rotatable bonds is 1. The molecular formula is C12H17FN2. The summed E-state index contributed by atoms with van der Waals surface area (Å²) in [6.07, 6.45) is 0. The van der Waals surface area contributed by atoms with Crippen molar-refractivity contribution < 1.29 is 4.39 Å². The van der Waals surface area contributed by atoms with Crippen LogP contribution < -0.4 is 4.90 Å². The predicted octanol–water partition coefficient (Wildman–Crippen LogP) is 1.97. The van der Waals surface area contributed by atoms with Gasteiger partial charge in [-0.1, -0.05) is 0 Å². The molecule has 1 aromatic rings. The van der Waals surface area contributed by atoms with Crippen LogP contribution in [-0.2, 0) is 0 Å². The Kier molecular flexibility index (Phi) is 2.91. The second-order valence-corrected chi connectivity index (χ2v) is 4.28. The number of hydrogen-bond donors (Lipinski definition) is 0. The molecule has 2 rings (SSSR count). The highest BCUT2D eigenvalue weighted by Crippen LogP contribution is 2.20. The van der Waals surface area contributed by atoms with E-state index in [1.54, 1.807) is 0 Å². The summed E-state index contributed by atoms with van der Waals surface area (Å²) in [7, 11) is 2.14. The van der Waals surface area contributed by atoms with Crippen LogP contribution in [0.5, 0.6) is 0 Å². The zero-order chi connectivity index (χ0) is 10.8. The van der Waals surface area contributed by atoms with E-state index < -0.39 is 0 Å². The number of piperazine rings is 1. The van der Waals surface area contributed by atoms with Crippen LogP contribution in [0.4, 0.5) is 10.1 Å². The molecular weight excluding hydrogens is 191 g/mol. The van der Waals surface area contributed by atoms with Gasteiger partial charge in [0, 0.05) is 31.4 Å². The molecule has 1 aliphatic rings. The summed E-state index contributed by atoms with van der Waals surface area (Å²) in [6.45, 7) is 5.36. The van der Waals surface area contributed by atoms with Gasteiger partial charge in [-0.25, -0.2) is 4.39 Å². The fourth-order valence-corrected chi connectivity index (χ4v) is 2.16. The molecule has 0 spiro atoms. The lowest BCUT2D eigenvalue weighted by Gasteiger charge is -2.39. The lowest BCUT2D eigenvalue weighted by molar-refractivity contribution is 0.275. The van der Waals surface area contributed by atoms with Crippen molar-refractivity contribution >= 4 is 5.69 Å². The van der Waals surface area contributed by atoms with Crippen molar-refractivity contribution in [2.45, 2.75) is 13.0 Å². The average Bonchev–Trinajstić information content (AvgIpc) is 2.20. The summed E-state index contributed by atoms with van der Waals surface area (Å²) in [4.78, 5) is 4.66. The van der Waals surface area contributed by atoms with Crippen molar-refractivity contribution in [1.29, 1.82) is 0 Å². The molecule has 0 aliphatic carbocycles. The minimum absolute atomic E-state index is 0.166. The smallest absolute Gasteiger partial charge is 0.123 e. The van der Waals surface area contributed by atoms with Crippen LogP contribution in [0.2, 0.25) is 0 Å². The number of anilines is 1.